The van der Waals surface area contributed by atoms with Crippen LogP contribution in [-0.4, -0.2) is 50.0 Å². The molecule has 0 heterocycles. The van der Waals surface area contributed by atoms with Gasteiger partial charge in [-0.25, -0.2) is 8.42 Å². The van der Waals surface area contributed by atoms with Crippen LogP contribution in [0.4, 0.5) is 5.69 Å². The first-order valence-electron chi connectivity index (χ1n) is 10.2. The third kappa shape index (κ3) is 7.10. The van der Waals surface area contributed by atoms with Crippen molar-refractivity contribution in [2.75, 3.05) is 17.1 Å². The summed E-state index contributed by atoms with van der Waals surface area (Å²) < 4.78 is 25.9. The molecule has 0 aliphatic rings. The number of nitrogens with one attached hydrogen (secondary N) is 1. The molecule has 2 aromatic rings. The van der Waals surface area contributed by atoms with Crippen molar-refractivity contribution in [3.8, 4) is 0 Å². The van der Waals surface area contributed by atoms with Gasteiger partial charge >= 0.3 is 0 Å². The number of amides is 2. The van der Waals surface area contributed by atoms with Gasteiger partial charge in [-0.1, -0.05) is 48.0 Å². The van der Waals surface area contributed by atoms with Crippen LogP contribution >= 0.6 is 0 Å². The Balaban J connectivity index is 2.35. The van der Waals surface area contributed by atoms with Crippen molar-refractivity contribution >= 4 is 27.5 Å². The van der Waals surface area contributed by atoms with Gasteiger partial charge in [0, 0.05) is 12.6 Å². The van der Waals surface area contributed by atoms with E-state index in [0.29, 0.717) is 5.69 Å². The number of hydrogen-bond donors (Lipinski definition) is 1. The van der Waals surface area contributed by atoms with Gasteiger partial charge in [-0.3, -0.25) is 13.9 Å². The Labute approximate surface area is 185 Å². The van der Waals surface area contributed by atoms with E-state index in [-0.39, 0.29) is 18.5 Å². The summed E-state index contributed by atoms with van der Waals surface area (Å²) in [6.07, 6.45) is 1.06. The predicted molar refractivity (Wildman–Crippen MR) is 123 cm³/mol. The molecule has 1 atom stereocenters. The molecule has 1 N–H and O–H groups in total. The lowest BCUT2D eigenvalue weighted by atomic mass is 10.1. The maximum Gasteiger partial charge on any atom is 0.244 e. The molecule has 2 aromatic carbocycles. The summed E-state index contributed by atoms with van der Waals surface area (Å²) in [4.78, 5) is 27.4. The van der Waals surface area contributed by atoms with Crippen LogP contribution in [0.15, 0.2) is 54.6 Å². The minimum Gasteiger partial charge on any atom is -0.352 e. The largest absolute Gasteiger partial charge is 0.352 e. The highest BCUT2D eigenvalue weighted by molar-refractivity contribution is 7.92. The first-order chi connectivity index (χ1) is 14.5. The Morgan fingerprint density at radius 3 is 2.06 bits per heavy atom. The number of carbonyl (C=O) groups is 2. The molecule has 0 aliphatic heterocycles. The van der Waals surface area contributed by atoms with Crippen LogP contribution in [0.3, 0.4) is 0 Å². The summed E-state index contributed by atoms with van der Waals surface area (Å²) in [7, 11) is -3.70. The molecule has 0 fully saturated rings. The van der Waals surface area contributed by atoms with E-state index >= 15 is 0 Å². The number of hydrogen-bond acceptors (Lipinski definition) is 4. The van der Waals surface area contributed by atoms with Gasteiger partial charge in [0.05, 0.1) is 11.9 Å². The van der Waals surface area contributed by atoms with E-state index in [4.69, 9.17) is 0 Å². The van der Waals surface area contributed by atoms with E-state index in [1.54, 1.807) is 37.3 Å². The SMILES string of the molecule is Cc1ccc(CN(C(=O)CN(c2ccccc2)S(C)(=O)=O)[C@H](C)C(=O)NC(C)C)cc1. The standard InChI is InChI=1S/C23H31N3O4S/c1-17(2)24-23(28)19(4)25(15-20-13-11-18(3)12-14-20)22(27)16-26(31(5,29)30)21-9-7-6-8-10-21/h6-14,17,19H,15-16H2,1-5H3,(H,24,28)/t19-/m1/s1. The summed E-state index contributed by atoms with van der Waals surface area (Å²) in [5.74, 6) is -0.748. The highest BCUT2D eigenvalue weighted by Gasteiger charge is 2.30. The van der Waals surface area contributed by atoms with Crippen LogP contribution < -0.4 is 9.62 Å². The minimum atomic E-state index is -3.70. The number of sulfonamides is 1. The average Bonchev–Trinajstić information content (AvgIpc) is 2.70. The second-order valence-electron chi connectivity index (χ2n) is 7.95. The second-order valence-corrected chi connectivity index (χ2v) is 9.86. The zero-order valence-electron chi connectivity index (χ0n) is 18.7. The van der Waals surface area contributed by atoms with Crippen LogP contribution in [0.2, 0.25) is 0 Å². The van der Waals surface area contributed by atoms with Gasteiger partial charge in [0.15, 0.2) is 0 Å². The average molecular weight is 446 g/mol. The van der Waals surface area contributed by atoms with Crippen molar-refractivity contribution in [2.24, 2.45) is 0 Å². The fourth-order valence-electron chi connectivity index (χ4n) is 3.09. The van der Waals surface area contributed by atoms with Crippen LogP contribution in [-0.2, 0) is 26.2 Å². The summed E-state index contributed by atoms with van der Waals surface area (Å²) in [6.45, 7) is 7.10. The molecule has 0 saturated carbocycles. The van der Waals surface area contributed by atoms with E-state index in [1.807, 2.05) is 45.0 Å². The first-order valence-corrected chi connectivity index (χ1v) is 12.0. The highest BCUT2D eigenvalue weighted by Crippen LogP contribution is 2.18. The number of nitrogens with zero attached hydrogens (tertiary/aromatic N) is 2. The van der Waals surface area contributed by atoms with Gasteiger partial charge in [0.25, 0.3) is 0 Å². The lowest BCUT2D eigenvalue weighted by Gasteiger charge is -2.31. The van der Waals surface area contributed by atoms with Crippen molar-refractivity contribution in [3.63, 3.8) is 0 Å². The quantitative estimate of drug-likeness (QED) is 0.643. The van der Waals surface area contributed by atoms with Gasteiger partial charge in [-0.2, -0.15) is 0 Å². The highest BCUT2D eigenvalue weighted by atomic mass is 32.2. The van der Waals surface area contributed by atoms with Crippen molar-refractivity contribution in [1.29, 1.82) is 0 Å². The van der Waals surface area contributed by atoms with Crippen LogP contribution in [0.1, 0.15) is 31.9 Å². The summed E-state index contributed by atoms with van der Waals surface area (Å²) >= 11 is 0. The maximum absolute atomic E-state index is 13.3. The number of benzene rings is 2. The molecule has 8 heteroatoms. The van der Waals surface area contributed by atoms with Crippen molar-refractivity contribution in [2.45, 2.75) is 46.3 Å². The van der Waals surface area contributed by atoms with Gasteiger partial charge in [0.2, 0.25) is 21.8 Å². The Morgan fingerprint density at radius 1 is 0.968 bits per heavy atom. The van der Waals surface area contributed by atoms with Gasteiger partial charge in [-0.05, 0) is 45.4 Å². The second kappa shape index (κ2) is 10.4. The molecule has 0 saturated heterocycles. The minimum absolute atomic E-state index is 0.0805. The van der Waals surface area contributed by atoms with Crippen molar-refractivity contribution in [1.82, 2.24) is 10.2 Å². The molecular weight excluding hydrogens is 414 g/mol. The molecule has 0 radical (unpaired) electrons. The molecule has 0 unspecified atom stereocenters. The third-order valence-electron chi connectivity index (χ3n) is 4.80. The van der Waals surface area contributed by atoms with Crippen LogP contribution in [0.5, 0.6) is 0 Å². The molecule has 0 spiro atoms. The van der Waals surface area contributed by atoms with Gasteiger partial charge in [0.1, 0.15) is 12.6 Å². The lowest BCUT2D eigenvalue weighted by molar-refractivity contribution is -0.139. The fraction of sp³-hybridized carbons (Fsp3) is 0.391. The Bertz CT molecular complexity index is 989. The molecule has 2 amide bonds. The number of carbonyl (C=O) groups excluding carboxylic acids is 2. The monoisotopic (exact) mass is 445 g/mol. The summed E-state index contributed by atoms with van der Waals surface area (Å²) in [6, 6.07) is 15.3. The molecule has 0 bridgehead atoms. The number of aryl methyl sites for hydroxylation is 1. The van der Waals surface area contributed by atoms with Crippen LogP contribution in [0.25, 0.3) is 0 Å². The zero-order valence-corrected chi connectivity index (χ0v) is 19.5. The van der Waals surface area contributed by atoms with Crippen LogP contribution in [0, 0.1) is 6.92 Å². The Morgan fingerprint density at radius 2 is 1.55 bits per heavy atom. The summed E-state index contributed by atoms with van der Waals surface area (Å²) in [5.41, 5.74) is 2.33. The molecular formula is C23H31N3O4S. The lowest BCUT2D eigenvalue weighted by Crippen LogP contribution is -2.52. The van der Waals surface area contributed by atoms with E-state index < -0.39 is 28.5 Å². The van der Waals surface area contributed by atoms with E-state index in [9.17, 15) is 18.0 Å². The predicted octanol–water partition coefficient (Wildman–Crippen LogP) is 2.70. The topological polar surface area (TPSA) is 86.8 Å². The Hall–Kier alpha value is -2.87. The molecule has 168 valence electrons. The molecule has 0 aromatic heterocycles. The van der Waals surface area contributed by atoms with E-state index in [1.165, 1.54) is 4.90 Å². The van der Waals surface area contributed by atoms with Gasteiger partial charge in [-0.15, -0.1) is 0 Å². The van der Waals surface area contributed by atoms with Crippen molar-refractivity contribution in [3.05, 3.63) is 65.7 Å². The van der Waals surface area contributed by atoms with E-state index in [2.05, 4.69) is 5.32 Å². The van der Waals surface area contributed by atoms with Crippen molar-refractivity contribution < 1.29 is 18.0 Å². The number of anilines is 1. The molecule has 0 aliphatic carbocycles. The number of rotatable bonds is 9. The summed E-state index contributed by atoms with van der Waals surface area (Å²) in [5, 5.41) is 2.82. The number of para-hydroxylation sites is 1. The normalized spacial score (nSPS) is 12.3. The van der Waals surface area contributed by atoms with Gasteiger partial charge < -0.3 is 10.2 Å². The fourth-order valence-corrected chi connectivity index (χ4v) is 3.94. The first kappa shape index (κ1) is 24.4. The smallest absolute Gasteiger partial charge is 0.244 e. The third-order valence-corrected chi connectivity index (χ3v) is 5.94. The van der Waals surface area contributed by atoms with E-state index in [0.717, 1.165) is 21.7 Å². The molecule has 2 rings (SSSR count). The Kier molecular flexibility index (Phi) is 8.21. The molecule has 31 heavy (non-hydrogen) atoms. The zero-order chi connectivity index (χ0) is 23.2. The molecule has 7 nitrogen and oxygen atoms in total. The maximum atomic E-state index is 13.3.